The first-order valence-electron chi connectivity index (χ1n) is 6.66. The van der Waals surface area contributed by atoms with E-state index < -0.39 is 5.97 Å². The van der Waals surface area contributed by atoms with Gasteiger partial charge in [0.2, 0.25) is 5.75 Å². The highest BCUT2D eigenvalue weighted by Crippen LogP contribution is 2.37. The normalized spacial score (nSPS) is 10.7. The van der Waals surface area contributed by atoms with Gasteiger partial charge < -0.3 is 24.8 Å². The molecule has 0 aliphatic heterocycles. The van der Waals surface area contributed by atoms with Gasteiger partial charge in [-0.25, -0.2) is 4.79 Å². The highest BCUT2D eigenvalue weighted by atomic mass is 16.5. The summed E-state index contributed by atoms with van der Waals surface area (Å²) in [4.78, 5) is 11.2. The largest absolute Gasteiger partial charge is 0.507 e. The van der Waals surface area contributed by atoms with Crippen molar-refractivity contribution in [2.75, 3.05) is 14.2 Å². The molecule has 2 rings (SSSR count). The number of phenols is 2. The minimum Gasteiger partial charge on any atom is -0.507 e. The Labute approximate surface area is 132 Å². The molecule has 120 valence electrons. The molecule has 0 radical (unpaired) electrons. The lowest BCUT2D eigenvalue weighted by molar-refractivity contribution is 0.0693. The lowest BCUT2D eigenvalue weighted by Crippen LogP contribution is -1.99. The van der Waals surface area contributed by atoms with Crippen molar-refractivity contribution in [1.82, 2.24) is 0 Å². The van der Waals surface area contributed by atoms with Gasteiger partial charge in [-0.15, -0.1) is 0 Å². The van der Waals surface area contributed by atoms with Crippen LogP contribution in [0.4, 0.5) is 0 Å². The Hall–Kier alpha value is -3.15. The molecule has 0 heterocycles. The second-order valence-electron chi connectivity index (χ2n) is 4.65. The van der Waals surface area contributed by atoms with Gasteiger partial charge in [-0.2, -0.15) is 0 Å². The van der Waals surface area contributed by atoms with Crippen LogP contribution >= 0.6 is 0 Å². The van der Waals surface area contributed by atoms with Crippen molar-refractivity contribution in [2.24, 2.45) is 0 Å². The summed E-state index contributed by atoms with van der Waals surface area (Å²) in [6, 6.07) is 7.61. The lowest BCUT2D eigenvalue weighted by atomic mass is 10.0. The van der Waals surface area contributed by atoms with Crippen LogP contribution < -0.4 is 9.47 Å². The van der Waals surface area contributed by atoms with Crippen molar-refractivity contribution < 1.29 is 29.6 Å². The van der Waals surface area contributed by atoms with E-state index in [1.807, 2.05) is 0 Å². The van der Waals surface area contributed by atoms with Crippen LogP contribution in [-0.4, -0.2) is 35.5 Å². The third kappa shape index (κ3) is 3.37. The van der Waals surface area contributed by atoms with Gasteiger partial charge in [0, 0.05) is 0 Å². The van der Waals surface area contributed by atoms with E-state index in [2.05, 4.69) is 0 Å². The number of aromatic hydroxyl groups is 2. The van der Waals surface area contributed by atoms with E-state index in [0.717, 1.165) is 0 Å². The zero-order valence-electron chi connectivity index (χ0n) is 12.6. The summed E-state index contributed by atoms with van der Waals surface area (Å²) in [6.45, 7) is 0. The summed E-state index contributed by atoms with van der Waals surface area (Å²) in [5.41, 5.74) is 0.807. The Morgan fingerprint density at radius 1 is 1.04 bits per heavy atom. The number of carboxylic acid groups (broad SMARTS) is 1. The second kappa shape index (κ2) is 6.74. The third-order valence-electron chi connectivity index (χ3n) is 3.25. The van der Waals surface area contributed by atoms with Gasteiger partial charge >= 0.3 is 5.97 Å². The highest BCUT2D eigenvalue weighted by molar-refractivity contribution is 5.96. The maximum Gasteiger partial charge on any atom is 0.340 e. The summed E-state index contributed by atoms with van der Waals surface area (Å²) in [7, 11) is 2.83. The van der Waals surface area contributed by atoms with Crippen LogP contribution in [0.2, 0.25) is 0 Å². The second-order valence-corrected chi connectivity index (χ2v) is 4.65. The van der Waals surface area contributed by atoms with Crippen molar-refractivity contribution in [3.05, 3.63) is 47.0 Å². The standard InChI is InChI=1S/C17H16O6/c1-22-13-8-10(9-14(23-2)16(13)19)6-7-11-4-3-5-12(18)15(11)17(20)21/h3-9,18-19H,1-2H3,(H,20,21)/b7-6+. The summed E-state index contributed by atoms with van der Waals surface area (Å²) in [5, 5.41) is 28.7. The molecular weight excluding hydrogens is 300 g/mol. The predicted octanol–water partition coefficient (Wildman–Crippen LogP) is 2.98. The van der Waals surface area contributed by atoms with Gasteiger partial charge in [0.05, 0.1) is 14.2 Å². The van der Waals surface area contributed by atoms with Crippen LogP contribution in [0.15, 0.2) is 30.3 Å². The Bertz CT molecular complexity index is 739. The first-order chi connectivity index (χ1) is 11.0. The van der Waals surface area contributed by atoms with Crippen molar-refractivity contribution in [1.29, 1.82) is 0 Å². The van der Waals surface area contributed by atoms with Gasteiger partial charge in [-0.3, -0.25) is 0 Å². The fraction of sp³-hybridized carbons (Fsp3) is 0.118. The number of phenolic OH excluding ortho intramolecular Hbond substituents is 1. The molecule has 23 heavy (non-hydrogen) atoms. The molecule has 2 aromatic carbocycles. The molecule has 0 aliphatic carbocycles. The van der Waals surface area contributed by atoms with E-state index in [9.17, 15) is 20.1 Å². The SMILES string of the molecule is COc1cc(/C=C/c2cccc(O)c2C(=O)O)cc(OC)c1O. The molecule has 2 aromatic rings. The Morgan fingerprint density at radius 3 is 2.17 bits per heavy atom. The smallest absolute Gasteiger partial charge is 0.340 e. The molecule has 6 heteroatoms. The van der Waals surface area contributed by atoms with Crippen molar-refractivity contribution >= 4 is 18.1 Å². The third-order valence-corrected chi connectivity index (χ3v) is 3.25. The molecule has 3 N–H and O–H groups in total. The molecule has 0 aromatic heterocycles. The molecule has 0 fully saturated rings. The number of hydrogen-bond acceptors (Lipinski definition) is 5. The van der Waals surface area contributed by atoms with Gasteiger partial charge in [-0.1, -0.05) is 24.3 Å². The summed E-state index contributed by atoms with van der Waals surface area (Å²) in [6.07, 6.45) is 3.18. The zero-order chi connectivity index (χ0) is 17.0. The molecule has 0 spiro atoms. The van der Waals surface area contributed by atoms with Crippen LogP contribution in [0.1, 0.15) is 21.5 Å². The molecule has 6 nitrogen and oxygen atoms in total. The summed E-state index contributed by atoms with van der Waals surface area (Å²) in [5.74, 6) is -1.17. The van der Waals surface area contributed by atoms with Crippen molar-refractivity contribution in [3.63, 3.8) is 0 Å². The molecule has 0 saturated carbocycles. The molecule has 0 aliphatic rings. The minimum absolute atomic E-state index is 0.115. The number of methoxy groups -OCH3 is 2. The van der Waals surface area contributed by atoms with Crippen LogP contribution in [0.3, 0.4) is 0 Å². The van der Waals surface area contributed by atoms with Gasteiger partial charge in [0.1, 0.15) is 11.3 Å². The fourth-order valence-electron chi connectivity index (χ4n) is 2.13. The number of aromatic carboxylic acids is 1. The zero-order valence-corrected chi connectivity index (χ0v) is 12.6. The van der Waals surface area contributed by atoms with E-state index in [1.165, 1.54) is 20.3 Å². The average Bonchev–Trinajstić information content (AvgIpc) is 2.53. The van der Waals surface area contributed by atoms with E-state index in [0.29, 0.717) is 11.1 Å². The highest BCUT2D eigenvalue weighted by Gasteiger charge is 2.13. The molecule has 0 bridgehead atoms. The Morgan fingerprint density at radius 2 is 1.65 bits per heavy atom. The maximum atomic E-state index is 11.2. The topological polar surface area (TPSA) is 96.2 Å². The predicted molar refractivity (Wildman–Crippen MR) is 85.2 cm³/mol. The van der Waals surface area contributed by atoms with Crippen LogP contribution in [0, 0.1) is 0 Å². The number of ether oxygens (including phenoxy) is 2. The number of carbonyl (C=O) groups is 1. The summed E-state index contributed by atoms with van der Waals surface area (Å²) < 4.78 is 10.1. The van der Waals surface area contributed by atoms with Gasteiger partial charge in [0.25, 0.3) is 0 Å². The average molecular weight is 316 g/mol. The fourth-order valence-corrected chi connectivity index (χ4v) is 2.13. The summed E-state index contributed by atoms with van der Waals surface area (Å²) >= 11 is 0. The maximum absolute atomic E-state index is 11.2. The Kier molecular flexibility index (Phi) is 4.75. The van der Waals surface area contributed by atoms with Gasteiger partial charge in [-0.05, 0) is 29.3 Å². The van der Waals surface area contributed by atoms with Gasteiger partial charge in [0.15, 0.2) is 11.5 Å². The van der Waals surface area contributed by atoms with E-state index in [-0.39, 0.29) is 28.6 Å². The number of carboxylic acids is 1. The van der Waals surface area contributed by atoms with Crippen molar-refractivity contribution in [2.45, 2.75) is 0 Å². The number of rotatable bonds is 5. The number of benzene rings is 2. The monoisotopic (exact) mass is 316 g/mol. The van der Waals surface area contributed by atoms with Crippen LogP contribution in [0.5, 0.6) is 23.0 Å². The number of hydrogen-bond donors (Lipinski definition) is 3. The van der Waals surface area contributed by atoms with E-state index in [4.69, 9.17) is 9.47 Å². The van der Waals surface area contributed by atoms with Crippen LogP contribution in [-0.2, 0) is 0 Å². The molecule has 0 unspecified atom stereocenters. The molecule has 0 saturated heterocycles. The first-order valence-corrected chi connectivity index (χ1v) is 6.66. The first kappa shape index (κ1) is 16.2. The Balaban J connectivity index is 2.46. The molecule has 0 atom stereocenters. The minimum atomic E-state index is -1.22. The van der Waals surface area contributed by atoms with Crippen LogP contribution in [0.25, 0.3) is 12.2 Å². The van der Waals surface area contributed by atoms with E-state index >= 15 is 0 Å². The quantitative estimate of drug-likeness (QED) is 0.734. The molecular formula is C17H16O6. The van der Waals surface area contributed by atoms with Crippen molar-refractivity contribution in [3.8, 4) is 23.0 Å². The molecule has 0 amide bonds. The lowest BCUT2D eigenvalue weighted by Gasteiger charge is -2.09. The van der Waals surface area contributed by atoms with E-state index in [1.54, 1.807) is 36.4 Å².